The molecule has 3 rings (SSSR count). The molecular formula is C13H14BrN3. The lowest BCUT2D eigenvalue weighted by molar-refractivity contribution is 0.783. The molecule has 1 aromatic carbocycles. The van der Waals surface area contributed by atoms with Gasteiger partial charge < -0.3 is 5.32 Å². The van der Waals surface area contributed by atoms with Gasteiger partial charge >= 0.3 is 0 Å². The fourth-order valence-electron chi connectivity index (χ4n) is 2.27. The molecule has 1 aliphatic heterocycles. The second-order valence-electron chi connectivity index (χ2n) is 4.32. The Bertz CT molecular complexity index is 533. The van der Waals surface area contributed by atoms with E-state index in [1.165, 1.54) is 24.0 Å². The molecule has 0 spiro atoms. The molecule has 0 amide bonds. The van der Waals surface area contributed by atoms with Gasteiger partial charge in [0.15, 0.2) is 5.82 Å². The van der Waals surface area contributed by atoms with Gasteiger partial charge in [-0.25, -0.2) is 0 Å². The number of halogens is 1. The summed E-state index contributed by atoms with van der Waals surface area (Å²) in [6.07, 6.45) is 3.54. The van der Waals surface area contributed by atoms with Crippen LogP contribution in [0.4, 0.5) is 5.82 Å². The normalized spacial score (nSPS) is 14.9. The van der Waals surface area contributed by atoms with Gasteiger partial charge in [0.2, 0.25) is 0 Å². The van der Waals surface area contributed by atoms with Gasteiger partial charge in [-0.3, -0.25) is 5.10 Å². The molecule has 1 aromatic heterocycles. The number of benzene rings is 1. The number of H-pyrrole nitrogens is 1. The van der Waals surface area contributed by atoms with Gasteiger partial charge in [0.1, 0.15) is 0 Å². The number of nitrogens with zero attached hydrogens (tertiary/aromatic N) is 1. The average Bonchev–Trinajstić information content (AvgIpc) is 2.59. The fraction of sp³-hybridized carbons (Fsp3) is 0.308. The zero-order valence-corrected chi connectivity index (χ0v) is 11.0. The van der Waals surface area contributed by atoms with Crippen molar-refractivity contribution < 1.29 is 0 Å². The zero-order chi connectivity index (χ0) is 11.7. The summed E-state index contributed by atoms with van der Waals surface area (Å²) in [6.45, 7) is 1.02. The molecule has 1 aliphatic rings. The summed E-state index contributed by atoms with van der Waals surface area (Å²) in [5.41, 5.74) is 3.66. The number of aromatic amines is 1. The molecule has 0 fully saturated rings. The lowest BCUT2D eigenvalue weighted by atomic mass is 10.0. The van der Waals surface area contributed by atoms with Crippen molar-refractivity contribution in [1.82, 2.24) is 10.2 Å². The van der Waals surface area contributed by atoms with Crippen LogP contribution in [-0.4, -0.2) is 16.7 Å². The van der Waals surface area contributed by atoms with Crippen LogP contribution in [0.15, 0.2) is 28.7 Å². The highest BCUT2D eigenvalue weighted by Gasteiger charge is 2.16. The fourth-order valence-corrected chi connectivity index (χ4v) is 2.67. The number of fused-ring (bicyclic) bond motifs is 1. The lowest BCUT2D eigenvalue weighted by Gasteiger charge is -2.03. The predicted octanol–water partition coefficient (Wildman–Crippen LogP) is 3.59. The van der Waals surface area contributed by atoms with Crippen molar-refractivity contribution in [2.24, 2.45) is 0 Å². The Morgan fingerprint density at radius 1 is 1.24 bits per heavy atom. The third kappa shape index (κ3) is 2.09. The number of anilines is 1. The molecule has 4 heteroatoms. The van der Waals surface area contributed by atoms with Crippen molar-refractivity contribution in [2.45, 2.75) is 19.3 Å². The SMILES string of the molecule is Brc1cccc(-c2[nH]nc3c2CCCCN3)c1. The quantitative estimate of drug-likeness (QED) is 0.843. The molecule has 0 bridgehead atoms. The highest BCUT2D eigenvalue weighted by Crippen LogP contribution is 2.31. The first-order valence-corrected chi connectivity index (χ1v) is 6.71. The van der Waals surface area contributed by atoms with Crippen molar-refractivity contribution in [1.29, 1.82) is 0 Å². The minimum absolute atomic E-state index is 1.02. The lowest BCUT2D eigenvalue weighted by Crippen LogP contribution is -1.99. The van der Waals surface area contributed by atoms with E-state index in [1.807, 2.05) is 6.07 Å². The monoisotopic (exact) mass is 291 g/mol. The second-order valence-corrected chi connectivity index (χ2v) is 5.24. The van der Waals surface area contributed by atoms with E-state index in [-0.39, 0.29) is 0 Å². The summed E-state index contributed by atoms with van der Waals surface area (Å²) in [7, 11) is 0. The van der Waals surface area contributed by atoms with E-state index in [9.17, 15) is 0 Å². The highest BCUT2D eigenvalue weighted by molar-refractivity contribution is 9.10. The van der Waals surface area contributed by atoms with E-state index >= 15 is 0 Å². The Labute approximate surface area is 109 Å². The molecule has 0 saturated carbocycles. The second kappa shape index (κ2) is 4.53. The summed E-state index contributed by atoms with van der Waals surface area (Å²) < 4.78 is 1.10. The molecule has 0 atom stereocenters. The zero-order valence-electron chi connectivity index (χ0n) is 9.46. The van der Waals surface area contributed by atoms with E-state index in [4.69, 9.17) is 0 Å². The number of nitrogens with one attached hydrogen (secondary N) is 2. The van der Waals surface area contributed by atoms with Crippen molar-refractivity contribution >= 4 is 21.7 Å². The number of aromatic nitrogens is 2. The molecule has 2 N–H and O–H groups in total. The van der Waals surface area contributed by atoms with Crippen molar-refractivity contribution in [3.63, 3.8) is 0 Å². The summed E-state index contributed by atoms with van der Waals surface area (Å²) in [4.78, 5) is 0. The molecule has 2 aromatic rings. The standard InChI is InChI=1S/C13H14BrN3/c14-10-5-3-4-9(8-10)12-11-6-1-2-7-15-13(11)17-16-12/h3-5,8H,1-2,6-7H2,(H2,15,16,17). The first-order chi connectivity index (χ1) is 8.34. The van der Waals surface area contributed by atoms with Gasteiger partial charge in [0.25, 0.3) is 0 Å². The summed E-state index contributed by atoms with van der Waals surface area (Å²) in [6, 6.07) is 8.33. The van der Waals surface area contributed by atoms with Crippen LogP contribution in [0.5, 0.6) is 0 Å². The Balaban J connectivity index is 2.06. The number of hydrogen-bond acceptors (Lipinski definition) is 2. The Hall–Kier alpha value is -1.29. The van der Waals surface area contributed by atoms with Crippen LogP contribution < -0.4 is 5.32 Å². The van der Waals surface area contributed by atoms with Crippen molar-refractivity contribution in [3.8, 4) is 11.3 Å². The summed E-state index contributed by atoms with van der Waals surface area (Å²) in [5, 5.41) is 10.9. The maximum absolute atomic E-state index is 4.37. The van der Waals surface area contributed by atoms with E-state index in [2.05, 4.69) is 49.6 Å². The topological polar surface area (TPSA) is 40.7 Å². The first-order valence-electron chi connectivity index (χ1n) is 5.91. The van der Waals surface area contributed by atoms with Crippen LogP contribution in [0.1, 0.15) is 18.4 Å². The maximum atomic E-state index is 4.37. The first kappa shape index (κ1) is 10.8. The van der Waals surface area contributed by atoms with E-state index in [0.29, 0.717) is 0 Å². The average molecular weight is 292 g/mol. The molecule has 0 unspecified atom stereocenters. The highest BCUT2D eigenvalue weighted by atomic mass is 79.9. The molecular weight excluding hydrogens is 278 g/mol. The summed E-state index contributed by atoms with van der Waals surface area (Å²) in [5.74, 6) is 1.03. The number of hydrogen-bond donors (Lipinski definition) is 2. The van der Waals surface area contributed by atoms with Gasteiger partial charge in [0.05, 0.1) is 5.69 Å². The van der Waals surface area contributed by atoms with Crippen LogP contribution in [0, 0.1) is 0 Å². The molecule has 3 nitrogen and oxygen atoms in total. The van der Waals surface area contributed by atoms with Gasteiger partial charge in [-0.1, -0.05) is 28.1 Å². The number of rotatable bonds is 1. The third-order valence-electron chi connectivity index (χ3n) is 3.13. The Morgan fingerprint density at radius 2 is 2.18 bits per heavy atom. The van der Waals surface area contributed by atoms with Crippen LogP contribution in [0.2, 0.25) is 0 Å². The summed E-state index contributed by atoms with van der Waals surface area (Å²) >= 11 is 3.51. The molecule has 0 aliphatic carbocycles. The van der Waals surface area contributed by atoms with E-state index < -0.39 is 0 Å². The molecule has 88 valence electrons. The van der Waals surface area contributed by atoms with E-state index in [0.717, 1.165) is 29.0 Å². The van der Waals surface area contributed by atoms with Gasteiger partial charge in [-0.2, -0.15) is 5.10 Å². The molecule has 0 radical (unpaired) electrons. The Kier molecular flexibility index (Phi) is 2.89. The van der Waals surface area contributed by atoms with Gasteiger partial charge in [-0.05, 0) is 31.4 Å². The van der Waals surface area contributed by atoms with Crippen molar-refractivity contribution in [3.05, 3.63) is 34.3 Å². The van der Waals surface area contributed by atoms with Crippen LogP contribution in [0.25, 0.3) is 11.3 Å². The smallest absolute Gasteiger partial charge is 0.151 e. The molecule has 0 saturated heterocycles. The third-order valence-corrected chi connectivity index (χ3v) is 3.62. The molecule has 17 heavy (non-hydrogen) atoms. The minimum atomic E-state index is 1.02. The van der Waals surface area contributed by atoms with Crippen LogP contribution in [0.3, 0.4) is 0 Å². The van der Waals surface area contributed by atoms with Crippen LogP contribution in [-0.2, 0) is 6.42 Å². The van der Waals surface area contributed by atoms with Crippen molar-refractivity contribution in [2.75, 3.05) is 11.9 Å². The predicted molar refractivity (Wildman–Crippen MR) is 73.2 cm³/mol. The minimum Gasteiger partial charge on any atom is -0.368 e. The van der Waals surface area contributed by atoms with Crippen LogP contribution >= 0.6 is 15.9 Å². The molecule has 2 heterocycles. The van der Waals surface area contributed by atoms with Gasteiger partial charge in [0, 0.05) is 22.1 Å². The Morgan fingerprint density at radius 3 is 3.06 bits per heavy atom. The van der Waals surface area contributed by atoms with E-state index in [1.54, 1.807) is 0 Å². The largest absolute Gasteiger partial charge is 0.368 e. The maximum Gasteiger partial charge on any atom is 0.151 e. The van der Waals surface area contributed by atoms with Gasteiger partial charge in [-0.15, -0.1) is 0 Å².